The van der Waals surface area contributed by atoms with Gasteiger partial charge in [0.1, 0.15) is 12.1 Å². The molecule has 41 heavy (non-hydrogen) atoms. The molecule has 5 atom stereocenters. The first-order valence-corrected chi connectivity index (χ1v) is 15.2. The first-order chi connectivity index (χ1) is 19.9. The van der Waals surface area contributed by atoms with Crippen LogP contribution in [0.15, 0.2) is 54.6 Å². The van der Waals surface area contributed by atoms with Gasteiger partial charge in [-0.15, -0.1) is 0 Å². The van der Waals surface area contributed by atoms with Crippen LogP contribution in [0.1, 0.15) is 75.1 Å². The molecule has 5 rings (SSSR count). The highest BCUT2D eigenvalue weighted by atomic mass is 16.2. The number of benzene rings is 2. The molecule has 2 aromatic carbocycles. The molecule has 2 aromatic rings. The highest BCUT2D eigenvalue weighted by molar-refractivity contribution is 5.94. The molecule has 0 spiro atoms. The van der Waals surface area contributed by atoms with Crippen molar-refractivity contribution in [3.63, 3.8) is 0 Å². The van der Waals surface area contributed by atoms with Crippen molar-refractivity contribution in [3.05, 3.63) is 71.3 Å². The van der Waals surface area contributed by atoms with Gasteiger partial charge in [-0.05, 0) is 61.6 Å². The lowest BCUT2D eigenvalue weighted by molar-refractivity contribution is -0.147. The van der Waals surface area contributed by atoms with Gasteiger partial charge in [-0.25, -0.2) is 0 Å². The summed E-state index contributed by atoms with van der Waals surface area (Å²) in [6.45, 7) is 4.33. The van der Waals surface area contributed by atoms with Gasteiger partial charge in [-0.2, -0.15) is 0 Å². The third-order valence-corrected chi connectivity index (χ3v) is 9.11. The zero-order valence-electron chi connectivity index (χ0n) is 24.2. The molecule has 0 bridgehead atoms. The summed E-state index contributed by atoms with van der Waals surface area (Å²) >= 11 is 0. The van der Waals surface area contributed by atoms with E-state index in [1.807, 2.05) is 56.3 Å². The third-order valence-electron chi connectivity index (χ3n) is 9.11. The van der Waals surface area contributed by atoms with Crippen LogP contribution < -0.4 is 10.6 Å². The Morgan fingerprint density at radius 1 is 0.927 bits per heavy atom. The number of carbonyl (C=O) groups excluding carboxylic acids is 4. The number of fused-ring (bicyclic) bond motifs is 2. The molecule has 2 fully saturated rings. The van der Waals surface area contributed by atoms with Crippen LogP contribution in [0.25, 0.3) is 0 Å². The van der Waals surface area contributed by atoms with Crippen LogP contribution in [0.5, 0.6) is 0 Å². The Hall–Kier alpha value is -3.68. The van der Waals surface area contributed by atoms with Gasteiger partial charge in [0.2, 0.25) is 23.6 Å². The normalized spacial score (nSPS) is 24.9. The largest absolute Gasteiger partial charge is 0.347 e. The predicted molar refractivity (Wildman–Crippen MR) is 157 cm³/mol. The summed E-state index contributed by atoms with van der Waals surface area (Å²) in [6.07, 6.45) is 5.64. The SMILES string of the molecule is CC[C@@H](C)C(=O)N[C@H]1CN(C(=O)Cc2ccccc2)CC[C@H]2CC[C@@H](C(=O)NC3CCCc4ccccc43)N2C1=O. The molecule has 1 unspecified atom stereocenters. The van der Waals surface area contributed by atoms with Crippen molar-refractivity contribution in [1.82, 2.24) is 20.4 Å². The van der Waals surface area contributed by atoms with Gasteiger partial charge in [-0.1, -0.05) is 68.4 Å². The van der Waals surface area contributed by atoms with Gasteiger partial charge < -0.3 is 20.4 Å². The minimum atomic E-state index is -0.900. The maximum absolute atomic E-state index is 14.2. The standard InChI is InChI=1S/C33H42N4O4/c1-3-22(2)31(39)35-28-21-36(30(38)20-23-10-5-4-6-11-23)19-18-25-16-17-29(37(25)33(28)41)32(40)34-27-15-9-13-24-12-7-8-14-26(24)27/h4-8,10-12,14,22,25,27-29H,3,9,13,15-21H2,1-2H3,(H,34,40)(H,35,39)/t22-,25-,27?,28+,29+/m1/s1. The highest BCUT2D eigenvalue weighted by Crippen LogP contribution is 2.33. The Balaban J connectivity index is 1.35. The van der Waals surface area contributed by atoms with Crippen LogP contribution in [-0.2, 0) is 32.0 Å². The highest BCUT2D eigenvalue weighted by Gasteiger charge is 2.46. The molecule has 0 radical (unpaired) electrons. The van der Waals surface area contributed by atoms with Gasteiger partial charge in [0, 0.05) is 25.0 Å². The molecule has 2 N–H and O–H groups in total. The monoisotopic (exact) mass is 558 g/mol. The zero-order valence-corrected chi connectivity index (χ0v) is 24.2. The average molecular weight is 559 g/mol. The van der Waals surface area contributed by atoms with Gasteiger partial charge in [0.15, 0.2) is 0 Å². The number of hydrogen-bond acceptors (Lipinski definition) is 4. The first kappa shape index (κ1) is 28.8. The van der Waals surface area contributed by atoms with E-state index < -0.39 is 12.1 Å². The van der Waals surface area contributed by atoms with E-state index in [4.69, 9.17) is 0 Å². The second-order valence-corrected chi connectivity index (χ2v) is 11.8. The summed E-state index contributed by atoms with van der Waals surface area (Å²) in [5, 5.41) is 6.21. The van der Waals surface area contributed by atoms with E-state index in [0.29, 0.717) is 32.2 Å². The van der Waals surface area contributed by atoms with E-state index in [-0.39, 0.29) is 54.6 Å². The van der Waals surface area contributed by atoms with E-state index in [1.165, 1.54) is 5.56 Å². The molecule has 3 aliphatic rings. The number of rotatable bonds is 7. The lowest BCUT2D eigenvalue weighted by Gasteiger charge is -2.39. The van der Waals surface area contributed by atoms with Gasteiger partial charge >= 0.3 is 0 Å². The molecular formula is C33H42N4O4. The third kappa shape index (κ3) is 6.47. The fourth-order valence-electron chi connectivity index (χ4n) is 6.52. The summed E-state index contributed by atoms with van der Waals surface area (Å²) < 4.78 is 0. The molecule has 2 aliphatic heterocycles. The van der Waals surface area contributed by atoms with E-state index in [1.54, 1.807) is 9.80 Å². The van der Waals surface area contributed by atoms with E-state index in [0.717, 1.165) is 30.4 Å². The van der Waals surface area contributed by atoms with Crippen molar-refractivity contribution < 1.29 is 19.2 Å². The Labute approximate surface area is 242 Å². The summed E-state index contributed by atoms with van der Waals surface area (Å²) in [6, 6.07) is 16.1. The van der Waals surface area contributed by atoms with Crippen molar-refractivity contribution in [2.75, 3.05) is 13.1 Å². The molecule has 4 amide bonds. The van der Waals surface area contributed by atoms with Crippen LogP contribution in [0.4, 0.5) is 0 Å². The molecule has 2 heterocycles. The van der Waals surface area contributed by atoms with E-state index >= 15 is 0 Å². The summed E-state index contributed by atoms with van der Waals surface area (Å²) in [7, 11) is 0. The smallest absolute Gasteiger partial charge is 0.247 e. The van der Waals surface area contributed by atoms with Gasteiger partial charge in [0.05, 0.1) is 12.5 Å². The molecule has 218 valence electrons. The van der Waals surface area contributed by atoms with Crippen LogP contribution in [0.2, 0.25) is 0 Å². The Morgan fingerprint density at radius 2 is 1.68 bits per heavy atom. The van der Waals surface area contributed by atoms with Crippen molar-refractivity contribution in [3.8, 4) is 0 Å². The quantitative estimate of drug-likeness (QED) is 0.543. The lowest BCUT2D eigenvalue weighted by Crippen LogP contribution is -2.61. The number of hydrogen-bond donors (Lipinski definition) is 2. The molecular weight excluding hydrogens is 516 g/mol. The summed E-state index contributed by atoms with van der Waals surface area (Å²) in [5.41, 5.74) is 3.34. The van der Waals surface area contributed by atoms with E-state index in [9.17, 15) is 19.2 Å². The average Bonchev–Trinajstić information content (AvgIpc) is 3.41. The van der Waals surface area contributed by atoms with Crippen molar-refractivity contribution in [2.24, 2.45) is 5.92 Å². The zero-order chi connectivity index (χ0) is 28.9. The molecule has 1 aliphatic carbocycles. The topological polar surface area (TPSA) is 98.8 Å². The minimum absolute atomic E-state index is 0.0662. The number of amides is 4. The lowest BCUT2D eigenvalue weighted by atomic mass is 9.87. The summed E-state index contributed by atoms with van der Waals surface area (Å²) in [4.78, 5) is 57.7. The molecule has 8 nitrogen and oxygen atoms in total. The maximum atomic E-state index is 14.2. The van der Waals surface area contributed by atoms with Crippen molar-refractivity contribution in [1.29, 1.82) is 0 Å². The minimum Gasteiger partial charge on any atom is -0.347 e. The molecule has 0 saturated carbocycles. The number of carbonyl (C=O) groups is 4. The fraction of sp³-hybridized carbons (Fsp3) is 0.515. The number of aryl methyl sites for hydroxylation is 1. The van der Waals surface area contributed by atoms with Crippen LogP contribution in [0, 0.1) is 5.92 Å². The second-order valence-electron chi connectivity index (χ2n) is 11.8. The Bertz CT molecular complexity index is 1260. The summed E-state index contributed by atoms with van der Waals surface area (Å²) in [5.74, 6) is -0.944. The molecule has 8 heteroatoms. The predicted octanol–water partition coefficient (Wildman–Crippen LogP) is 3.55. The molecule has 0 aromatic heterocycles. The first-order valence-electron chi connectivity index (χ1n) is 15.2. The van der Waals surface area contributed by atoms with Gasteiger partial charge in [0.25, 0.3) is 0 Å². The van der Waals surface area contributed by atoms with Gasteiger partial charge in [-0.3, -0.25) is 19.2 Å². The van der Waals surface area contributed by atoms with Crippen LogP contribution in [0.3, 0.4) is 0 Å². The molecule has 2 saturated heterocycles. The van der Waals surface area contributed by atoms with Crippen LogP contribution in [-0.4, -0.2) is 64.6 Å². The number of nitrogens with zero attached hydrogens (tertiary/aromatic N) is 2. The van der Waals surface area contributed by atoms with E-state index in [2.05, 4.69) is 22.8 Å². The maximum Gasteiger partial charge on any atom is 0.247 e. The van der Waals surface area contributed by atoms with Crippen LogP contribution >= 0.6 is 0 Å². The Kier molecular flexibility index (Phi) is 9.06. The Morgan fingerprint density at radius 3 is 2.46 bits per heavy atom. The van der Waals surface area contributed by atoms with Crippen molar-refractivity contribution >= 4 is 23.6 Å². The second kappa shape index (κ2) is 12.9. The fourth-order valence-corrected chi connectivity index (χ4v) is 6.52. The number of nitrogens with one attached hydrogen (secondary N) is 2. The van der Waals surface area contributed by atoms with Crippen molar-refractivity contribution in [2.45, 2.75) is 89.4 Å².